The summed E-state index contributed by atoms with van der Waals surface area (Å²) in [5.41, 5.74) is -1.56. The van der Waals surface area contributed by atoms with Crippen LogP contribution in [0.1, 0.15) is 34.1 Å². The second kappa shape index (κ2) is 6.08. The molecule has 2 unspecified atom stereocenters. The standard InChI is InChI=1S/C11H22O4/c1-8(2)6-9(3)15-7-11(4,13)10(12)14-5/h8-9,13H,6-7H2,1-5H3. The number of hydrogen-bond donors (Lipinski definition) is 1. The van der Waals surface area contributed by atoms with E-state index in [1.807, 2.05) is 6.92 Å². The van der Waals surface area contributed by atoms with Gasteiger partial charge in [0.2, 0.25) is 0 Å². The number of carbonyl (C=O) groups is 1. The van der Waals surface area contributed by atoms with Crippen molar-refractivity contribution in [2.24, 2.45) is 5.92 Å². The van der Waals surface area contributed by atoms with Gasteiger partial charge in [-0.3, -0.25) is 0 Å². The van der Waals surface area contributed by atoms with Gasteiger partial charge in [0.05, 0.1) is 19.8 Å². The van der Waals surface area contributed by atoms with Gasteiger partial charge in [0.25, 0.3) is 0 Å². The van der Waals surface area contributed by atoms with Crippen LogP contribution in [0, 0.1) is 5.92 Å². The summed E-state index contributed by atoms with van der Waals surface area (Å²) in [5.74, 6) is -0.137. The van der Waals surface area contributed by atoms with Crippen molar-refractivity contribution in [2.75, 3.05) is 13.7 Å². The number of esters is 1. The monoisotopic (exact) mass is 218 g/mol. The van der Waals surface area contributed by atoms with Crippen molar-refractivity contribution in [1.29, 1.82) is 0 Å². The maximum atomic E-state index is 11.1. The fourth-order valence-corrected chi connectivity index (χ4v) is 1.32. The molecule has 0 heterocycles. The van der Waals surface area contributed by atoms with E-state index in [4.69, 9.17) is 4.74 Å². The van der Waals surface area contributed by atoms with Gasteiger partial charge in [0.1, 0.15) is 0 Å². The van der Waals surface area contributed by atoms with E-state index in [2.05, 4.69) is 18.6 Å². The largest absolute Gasteiger partial charge is 0.467 e. The molecule has 4 nitrogen and oxygen atoms in total. The maximum absolute atomic E-state index is 11.1. The van der Waals surface area contributed by atoms with Crippen LogP contribution in [0.4, 0.5) is 0 Å². The third-order valence-electron chi connectivity index (χ3n) is 2.08. The lowest BCUT2D eigenvalue weighted by atomic mass is 10.1. The first-order chi connectivity index (χ1) is 6.79. The fraction of sp³-hybridized carbons (Fsp3) is 0.909. The number of rotatable bonds is 6. The average molecular weight is 218 g/mol. The summed E-state index contributed by atoms with van der Waals surface area (Å²) in [4.78, 5) is 11.1. The third kappa shape index (κ3) is 5.74. The minimum atomic E-state index is -1.56. The molecule has 0 rings (SSSR count). The lowest BCUT2D eigenvalue weighted by Gasteiger charge is -2.23. The van der Waals surface area contributed by atoms with Crippen LogP contribution < -0.4 is 0 Å². The van der Waals surface area contributed by atoms with Crippen molar-refractivity contribution < 1.29 is 19.4 Å². The summed E-state index contributed by atoms with van der Waals surface area (Å²) in [5, 5.41) is 9.67. The van der Waals surface area contributed by atoms with E-state index >= 15 is 0 Å². The summed E-state index contributed by atoms with van der Waals surface area (Å²) in [7, 11) is 1.24. The first kappa shape index (κ1) is 14.4. The molecule has 0 fully saturated rings. The molecular formula is C11H22O4. The summed E-state index contributed by atoms with van der Waals surface area (Å²) in [6, 6.07) is 0. The maximum Gasteiger partial charge on any atom is 0.339 e. The fourth-order valence-electron chi connectivity index (χ4n) is 1.32. The smallest absolute Gasteiger partial charge is 0.339 e. The van der Waals surface area contributed by atoms with Crippen molar-refractivity contribution in [3.63, 3.8) is 0 Å². The molecule has 0 aliphatic carbocycles. The minimum absolute atomic E-state index is 0.0288. The molecule has 0 aromatic carbocycles. The van der Waals surface area contributed by atoms with Crippen LogP contribution in [-0.2, 0) is 14.3 Å². The normalized spacial score (nSPS) is 17.3. The van der Waals surface area contributed by atoms with E-state index < -0.39 is 11.6 Å². The van der Waals surface area contributed by atoms with Gasteiger partial charge in [-0.1, -0.05) is 13.8 Å². The topological polar surface area (TPSA) is 55.8 Å². The second-order valence-electron chi connectivity index (χ2n) is 4.52. The van der Waals surface area contributed by atoms with Crippen LogP contribution in [0.25, 0.3) is 0 Å². The molecule has 1 N–H and O–H groups in total. The number of aliphatic hydroxyl groups is 1. The van der Waals surface area contributed by atoms with Gasteiger partial charge in [-0.05, 0) is 26.2 Å². The first-order valence-electron chi connectivity index (χ1n) is 5.22. The zero-order valence-electron chi connectivity index (χ0n) is 10.2. The van der Waals surface area contributed by atoms with Crippen molar-refractivity contribution in [1.82, 2.24) is 0 Å². The highest BCUT2D eigenvalue weighted by Gasteiger charge is 2.32. The molecular weight excluding hydrogens is 196 g/mol. The van der Waals surface area contributed by atoms with E-state index in [-0.39, 0.29) is 12.7 Å². The number of methoxy groups -OCH3 is 1. The van der Waals surface area contributed by atoms with E-state index in [9.17, 15) is 9.90 Å². The molecule has 0 bridgehead atoms. The van der Waals surface area contributed by atoms with E-state index in [0.29, 0.717) is 5.92 Å². The molecule has 0 saturated carbocycles. The van der Waals surface area contributed by atoms with E-state index in [1.54, 1.807) is 0 Å². The summed E-state index contributed by atoms with van der Waals surface area (Å²) < 4.78 is 9.85. The Balaban J connectivity index is 3.98. The Morgan fingerprint density at radius 1 is 1.40 bits per heavy atom. The lowest BCUT2D eigenvalue weighted by Crippen LogP contribution is -2.42. The highest BCUT2D eigenvalue weighted by Crippen LogP contribution is 2.12. The average Bonchev–Trinajstić information content (AvgIpc) is 2.12. The summed E-state index contributed by atoms with van der Waals surface area (Å²) >= 11 is 0. The quantitative estimate of drug-likeness (QED) is 0.684. The molecule has 0 aliphatic rings. The number of hydrogen-bond acceptors (Lipinski definition) is 4. The Morgan fingerprint density at radius 3 is 2.33 bits per heavy atom. The zero-order valence-corrected chi connectivity index (χ0v) is 10.2. The highest BCUT2D eigenvalue weighted by molar-refractivity contribution is 5.78. The predicted octanol–water partition coefficient (Wildman–Crippen LogP) is 1.36. The van der Waals surface area contributed by atoms with Crippen molar-refractivity contribution in [2.45, 2.75) is 45.8 Å². The van der Waals surface area contributed by atoms with Crippen LogP contribution in [0.5, 0.6) is 0 Å². The Kier molecular flexibility index (Phi) is 5.83. The minimum Gasteiger partial charge on any atom is -0.467 e. The molecule has 0 radical (unpaired) electrons. The molecule has 0 amide bonds. The van der Waals surface area contributed by atoms with Crippen LogP contribution in [-0.4, -0.2) is 36.5 Å². The molecule has 0 aromatic heterocycles. The van der Waals surface area contributed by atoms with Gasteiger partial charge >= 0.3 is 5.97 Å². The first-order valence-corrected chi connectivity index (χ1v) is 5.22. The molecule has 0 spiro atoms. The molecule has 90 valence electrons. The highest BCUT2D eigenvalue weighted by atomic mass is 16.6. The van der Waals surface area contributed by atoms with Crippen LogP contribution in [0.3, 0.4) is 0 Å². The Labute approximate surface area is 91.6 Å². The van der Waals surface area contributed by atoms with Crippen LogP contribution >= 0.6 is 0 Å². The molecule has 0 aliphatic heterocycles. The van der Waals surface area contributed by atoms with Crippen molar-refractivity contribution >= 4 is 5.97 Å². The van der Waals surface area contributed by atoms with Gasteiger partial charge in [-0.25, -0.2) is 4.79 Å². The Hall–Kier alpha value is -0.610. The second-order valence-corrected chi connectivity index (χ2v) is 4.52. The molecule has 2 atom stereocenters. The van der Waals surface area contributed by atoms with E-state index in [1.165, 1.54) is 14.0 Å². The van der Waals surface area contributed by atoms with Gasteiger partial charge in [-0.15, -0.1) is 0 Å². The van der Waals surface area contributed by atoms with Gasteiger partial charge in [0, 0.05) is 0 Å². The van der Waals surface area contributed by atoms with E-state index in [0.717, 1.165) is 6.42 Å². The van der Waals surface area contributed by atoms with Gasteiger partial charge in [-0.2, -0.15) is 0 Å². The SMILES string of the molecule is COC(=O)C(C)(O)COC(C)CC(C)C. The van der Waals surface area contributed by atoms with Gasteiger partial charge < -0.3 is 14.6 Å². The summed E-state index contributed by atoms with van der Waals surface area (Å²) in [6.45, 7) is 7.47. The Bertz CT molecular complexity index is 199. The van der Waals surface area contributed by atoms with Crippen LogP contribution in [0.2, 0.25) is 0 Å². The molecule has 0 saturated heterocycles. The number of ether oxygens (including phenoxy) is 2. The lowest BCUT2D eigenvalue weighted by molar-refractivity contribution is -0.168. The zero-order chi connectivity index (χ0) is 12.1. The predicted molar refractivity (Wildman–Crippen MR) is 57.5 cm³/mol. The number of carbonyl (C=O) groups excluding carboxylic acids is 1. The molecule has 4 heteroatoms. The molecule has 0 aromatic rings. The van der Waals surface area contributed by atoms with Crippen molar-refractivity contribution in [3.05, 3.63) is 0 Å². The van der Waals surface area contributed by atoms with Gasteiger partial charge in [0.15, 0.2) is 5.60 Å². The third-order valence-corrected chi connectivity index (χ3v) is 2.08. The Morgan fingerprint density at radius 2 is 1.93 bits per heavy atom. The summed E-state index contributed by atoms with van der Waals surface area (Å²) in [6.07, 6.45) is 0.929. The van der Waals surface area contributed by atoms with Crippen molar-refractivity contribution in [3.8, 4) is 0 Å². The molecule has 15 heavy (non-hydrogen) atoms. The van der Waals surface area contributed by atoms with Crippen LogP contribution in [0.15, 0.2) is 0 Å².